The van der Waals surface area contributed by atoms with Crippen LogP contribution < -0.4 is 10.1 Å². The number of rotatable bonds is 9. The van der Waals surface area contributed by atoms with Gasteiger partial charge in [-0.3, -0.25) is 9.78 Å². The molecule has 1 heterocycles. The standard InChI is InChI=1S/C24H27N3O4S/c1-4-27(5-2)32(29,30)22-13-12-18(3)23(16-22)24(28)26-19-10-8-11-21(15-19)31-17-20-9-6-7-14-25-20/h6-16H,4-5,17H2,1-3H3,(H,26,28). The van der Waals surface area contributed by atoms with Gasteiger partial charge in [-0.25, -0.2) is 8.42 Å². The molecule has 1 aromatic heterocycles. The minimum atomic E-state index is -3.66. The lowest BCUT2D eigenvalue weighted by atomic mass is 10.1. The molecule has 0 aliphatic heterocycles. The van der Waals surface area contributed by atoms with Gasteiger partial charge in [0.05, 0.1) is 10.6 Å². The molecular formula is C24H27N3O4S. The van der Waals surface area contributed by atoms with Crippen LogP contribution in [0, 0.1) is 6.92 Å². The van der Waals surface area contributed by atoms with Crippen molar-refractivity contribution < 1.29 is 17.9 Å². The monoisotopic (exact) mass is 453 g/mol. The van der Waals surface area contributed by atoms with Crippen molar-refractivity contribution >= 4 is 21.6 Å². The molecule has 0 atom stereocenters. The van der Waals surface area contributed by atoms with Gasteiger partial charge < -0.3 is 10.1 Å². The Morgan fingerprint density at radius 3 is 2.50 bits per heavy atom. The molecular weight excluding hydrogens is 426 g/mol. The second kappa shape index (κ2) is 10.4. The Kier molecular flexibility index (Phi) is 7.61. The topological polar surface area (TPSA) is 88.6 Å². The number of aryl methyl sites for hydroxylation is 1. The molecule has 1 N–H and O–H groups in total. The van der Waals surface area contributed by atoms with Crippen LogP contribution in [0.4, 0.5) is 5.69 Å². The molecule has 3 rings (SSSR count). The van der Waals surface area contributed by atoms with E-state index in [1.54, 1.807) is 57.3 Å². The van der Waals surface area contributed by atoms with Crippen LogP contribution in [0.5, 0.6) is 5.75 Å². The summed E-state index contributed by atoms with van der Waals surface area (Å²) in [5.74, 6) is 0.198. The molecule has 2 aromatic carbocycles. The first-order valence-electron chi connectivity index (χ1n) is 10.4. The third kappa shape index (κ3) is 5.52. The van der Waals surface area contributed by atoms with E-state index in [-0.39, 0.29) is 10.8 Å². The molecule has 0 spiro atoms. The number of nitrogens with one attached hydrogen (secondary N) is 1. The van der Waals surface area contributed by atoms with E-state index in [1.165, 1.54) is 16.4 Å². The van der Waals surface area contributed by atoms with Gasteiger partial charge in [-0.1, -0.05) is 32.0 Å². The molecule has 3 aromatic rings. The van der Waals surface area contributed by atoms with E-state index in [1.807, 2.05) is 18.2 Å². The Hall–Kier alpha value is -3.23. The third-order valence-corrected chi connectivity index (χ3v) is 7.05. The zero-order chi connectivity index (χ0) is 23.1. The fourth-order valence-electron chi connectivity index (χ4n) is 3.22. The maximum Gasteiger partial charge on any atom is 0.255 e. The summed E-state index contributed by atoms with van der Waals surface area (Å²) in [4.78, 5) is 17.3. The first-order chi connectivity index (χ1) is 15.3. The van der Waals surface area contributed by atoms with Crippen LogP contribution in [0.2, 0.25) is 0 Å². The molecule has 0 aliphatic carbocycles. The number of benzene rings is 2. The van der Waals surface area contributed by atoms with Gasteiger partial charge in [-0.05, 0) is 48.9 Å². The number of hydrogen-bond donors (Lipinski definition) is 1. The van der Waals surface area contributed by atoms with E-state index in [0.29, 0.717) is 42.3 Å². The predicted octanol–water partition coefficient (Wildman–Crippen LogP) is 4.25. The van der Waals surface area contributed by atoms with Gasteiger partial charge >= 0.3 is 0 Å². The van der Waals surface area contributed by atoms with Crippen molar-refractivity contribution in [2.24, 2.45) is 0 Å². The highest BCUT2D eigenvalue weighted by atomic mass is 32.2. The van der Waals surface area contributed by atoms with Crippen LogP contribution in [-0.2, 0) is 16.6 Å². The van der Waals surface area contributed by atoms with Crippen LogP contribution in [0.1, 0.15) is 35.5 Å². The minimum absolute atomic E-state index is 0.101. The van der Waals surface area contributed by atoms with E-state index in [2.05, 4.69) is 10.3 Å². The quantitative estimate of drug-likeness (QED) is 0.523. The second-order valence-electron chi connectivity index (χ2n) is 7.16. The summed E-state index contributed by atoms with van der Waals surface area (Å²) in [6, 6.07) is 17.2. The van der Waals surface area contributed by atoms with Crippen molar-refractivity contribution in [3.05, 3.63) is 83.7 Å². The molecule has 8 heteroatoms. The number of pyridine rings is 1. The van der Waals surface area contributed by atoms with Gasteiger partial charge in [0.15, 0.2) is 0 Å². The number of hydrogen-bond acceptors (Lipinski definition) is 5. The molecule has 32 heavy (non-hydrogen) atoms. The number of carbonyl (C=O) groups is 1. The molecule has 168 valence electrons. The maximum atomic E-state index is 12.9. The van der Waals surface area contributed by atoms with E-state index >= 15 is 0 Å². The van der Waals surface area contributed by atoms with Crippen molar-refractivity contribution in [3.63, 3.8) is 0 Å². The lowest BCUT2D eigenvalue weighted by Crippen LogP contribution is -2.30. The largest absolute Gasteiger partial charge is 0.487 e. The maximum absolute atomic E-state index is 12.9. The zero-order valence-electron chi connectivity index (χ0n) is 18.4. The Balaban J connectivity index is 1.77. The molecule has 0 radical (unpaired) electrons. The Morgan fingerprint density at radius 1 is 1.03 bits per heavy atom. The summed E-state index contributed by atoms with van der Waals surface area (Å²) < 4.78 is 32.8. The number of carbonyl (C=O) groups excluding carboxylic acids is 1. The molecule has 1 amide bonds. The van der Waals surface area contributed by atoms with Crippen LogP contribution in [0.15, 0.2) is 71.8 Å². The Morgan fingerprint density at radius 2 is 1.81 bits per heavy atom. The summed E-state index contributed by atoms with van der Waals surface area (Å²) >= 11 is 0. The number of ether oxygens (including phenoxy) is 1. The van der Waals surface area contributed by atoms with Gasteiger partial charge in [-0.2, -0.15) is 4.31 Å². The van der Waals surface area contributed by atoms with E-state index in [4.69, 9.17) is 4.74 Å². The van der Waals surface area contributed by atoms with Crippen LogP contribution in [0.3, 0.4) is 0 Å². The van der Waals surface area contributed by atoms with Gasteiger partial charge in [0.1, 0.15) is 12.4 Å². The fourth-order valence-corrected chi connectivity index (χ4v) is 4.71. The van der Waals surface area contributed by atoms with Crippen molar-refractivity contribution in [3.8, 4) is 5.75 Å². The minimum Gasteiger partial charge on any atom is -0.487 e. The van der Waals surface area contributed by atoms with Crippen molar-refractivity contribution in [1.82, 2.24) is 9.29 Å². The highest BCUT2D eigenvalue weighted by Gasteiger charge is 2.23. The van der Waals surface area contributed by atoms with Gasteiger partial charge in [0.25, 0.3) is 5.91 Å². The van der Waals surface area contributed by atoms with Crippen molar-refractivity contribution in [2.45, 2.75) is 32.3 Å². The molecule has 0 bridgehead atoms. The average molecular weight is 454 g/mol. The molecule has 0 saturated heterocycles. The van der Waals surface area contributed by atoms with Gasteiger partial charge in [0, 0.05) is 36.6 Å². The summed E-state index contributed by atoms with van der Waals surface area (Å²) in [7, 11) is -3.66. The summed E-state index contributed by atoms with van der Waals surface area (Å²) in [6.07, 6.45) is 1.70. The van der Waals surface area contributed by atoms with E-state index < -0.39 is 10.0 Å². The number of amides is 1. The smallest absolute Gasteiger partial charge is 0.255 e. The number of sulfonamides is 1. The summed E-state index contributed by atoms with van der Waals surface area (Å²) in [6.45, 7) is 6.37. The predicted molar refractivity (Wildman–Crippen MR) is 124 cm³/mol. The van der Waals surface area contributed by atoms with Crippen LogP contribution in [-0.4, -0.2) is 36.7 Å². The lowest BCUT2D eigenvalue weighted by Gasteiger charge is -2.19. The SMILES string of the molecule is CCN(CC)S(=O)(=O)c1ccc(C)c(C(=O)Nc2cccc(OCc3ccccn3)c2)c1. The summed E-state index contributed by atoms with van der Waals surface area (Å²) in [5.41, 5.74) is 2.33. The van der Waals surface area contributed by atoms with Crippen LogP contribution in [0.25, 0.3) is 0 Å². The average Bonchev–Trinajstić information content (AvgIpc) is 2.79. The van der Waals surface area contributed by atoms with Gasteiger partial charge in [0.2, 0.25) is 10.0 Å². The first kappa shape index (κ1) is 23.4. The highest BCUT2D eigenvalue weighted by Crippen LogP contribution is 2.22. The molecule has 0 unspecified atom stereocenters. The third-order valence-electron chi connectivity index (χ3n) is 5.00. The van der Waals surface area contributed by atoms with Crippen molar-refractivity contribution in [1.29, 1.82) is 0 Å². The van der Waals surface area contributed by atoms with Crippen LogP contribution >= 0.6 is 0 Å². The van der Waals surface area contributed by atoms with E-state index in [9.17, 15) is 13.2 Å². The number of aromatic nitrogens is 1. The Bertz CT molecular complexity index is 1180. The normalized spacial score (nSPS) is 11.4. The summed E-state index contributed by atoms with van der Waals surface area (Å²) in [5, 5.41) is 2.83. The van der Waals surface area contributed by atoms with Gasteiger partial charge in [-0.15, -0.1) is 0 Å². The van der Waals surface area contributed by atoms with E-state index in [0.717, 1.165) is 5.69 Å². The Labute approximate surface area is 189 Å². The number of nitrogens with zero attached hydrogens (tertiary/aromatic N) is 2. The molecule has 0 fully saturated rings. The second-order valence-corrected chi connectivity index (χ2v) is 9.10. The lowest BCUT2D eigenvalue weighted by molar-refractivity contribution is 0.102. The molecule has 7 nitrogen and oxygen atoms in total. The van der Waals surface area contributed by atoms with Crippen molar-refractivity contribution in [2.75, 3.05) is 18.4 Å². The first-order valence-corrected chi connectivity index (χ1v) is 11.8. The fraction of sp³-hybridized carbons (Fsp3) is 0.250. The highest BCUT2D eigenvalue weighted by molar-refractivity contribution is 7.89. The zero-order valence-corrected chi connectivity index (χ0v) is 19.2. The molecule has 0 aliphatic rings. The molecule has 0 saturated carbocycles. The number of anilines is 1.